The summed E-state index contributed by atoms with van der Waals surface area (Å²) in [4.78, 5) is 24.6. The number of carbonyl (C=O) groups is 1. The third kappa shape index (κ3) is 4.06. The van der Waals surface area contributed by atoms with E-state index in [2.05, 4.69) is 0 Å². The highest BCUT2D eigenvalue weighted by molar-refractivity contribution is 5.95. The van der Waals surface area contributed by atoms with Gasteiger partial charge in [-0.2, -0.15) is 0 Å². The standard InChI is InChI=1S/C17H19N3O3/c1-2-19(11-10-13-6-4-3-5-7-13)17(21)14-8-9-15(18)16(12-14)20(22)23/h3-9,12H,2,10-11,18H2,1H3. The first kappa shape index (κ1) is 16.5. The third-order valence-corrected chi connectivity index (χ3v) is 3.66. The molecule has 120 valence electrons. The van der Waals surface area contributed by atoms with Crippen LogP contribution in [0.3, 0.4) is 0 Å². The van der Waals surface area contributed by atoms with Crippen LogP contribution in [0.5, 0.6) is 0 Å². The molecule has 0 radical (unpaired) electrons. The summed E-state index contributed by atoms with van der Waals surface area (Å²) in [6.07, 6.45) is 0.734. The fraction of sp³-hybridized carbons (Fsp3) is 0.235. The van der Waals surface area contributed by atoms with Gasteiger partial charge in [0.05, 0.1) is 4.92 Å². The molecule has 0 unspecified atom stereocenters. The first-order chi connectivity index (χ1) is 11.0. The zero-order valence-electron chi connectivity index (χ0n) is 12.9. The van der Waals surface area contributed by atoms with Crippen LogP contribution in [0.2, 0.25) is 0 Å². The quantitative estimate of drug-likeness (QED) is 0.504. The van der Waals surface area contributed by atoms with Gasteiger partial charge in [0, 0.05) is 24.7 Å². The van der Waals surface area contributed by atoms with E-state index in [1.165, 1.54) is 18.2 Å². The second kappa shape index (κ2) is 7.40. The van der Waals surface area contributed by atoms with Gasteiger partial charge in [-0.3, -0.25) is 14.9 Å². The number of nitrogen functional groups attached to an aromatic ring is 1. The maximum Gasteiger partial charge on any atom is 0.292 e. The predicted molar refractivity (Wildman–Crippen MR) is 89.2 cm³/mol. The molecule has 0 aromatic heterocycles. The normalized spacial score (nSPS) is 10.3. The van der Waals surface area contributed by atoms with Gasteiger partial charge in [-0.1, -0.05) is 30.3 Å². The lowest BCUT2D eigenvalue weighted by atomic mass is 10.1. The molecule has 0 aliphatic heterocycles. The van der Waals surface area contributed by atoms with Crippen molar-refractivity contribution in [1.82, 2.24) is 4.90 Å². The molecule has 2 N–H and O–H groups in total. The van der Waals surface area contributed by atoms with Crippen LogP contribution < -0.4 is 5.73 Å². The Hall–Kier alpha value is -2.89. The molecule has 0 saturated carbocycles. The number of benzene rings is 2. The van der Waals surface area contributed by atoms with E-state index in [0.29, 0.717) is 13.1 Å². The van der Waals surface area contributed by atoms with Gasteiger partial charge in [0.25, 0.3) is 11.6 Å². The van der Waals surface area contributed by atoms with Crippen molar-refractivity contribution in [2.24, 2.45) is 0 Å². The maximum atomic E-state index is 12.5. The van der Waals surface area contributed by atoms with Crippen molar-refractivity contribution >= 4 is 17.3 Å². The van der Waals surface area contributed by atoms with Gasteiger partial charge in [-0.25, -0.2) is 0 Å². The number of anilines is 1. The van der Waals surface area contributed by atoms with Crippen LogP contribution in [0.15, 0.2) is 48.5 Å². The van der Waals surface area contributed by atoms with Crippen molar-refractivity contribution in [3.8, 4) is 0 Å². The number of nitrogens with two attached hydrogens (primary N) is 1. The molecule has 0 aliphatic carbocycles. The van der Waals surface area contributed by atoms with Gasteiger partial charge < -0.3 is 10.6 Å². The minimum Gasteiger partial charge on any atom is -0.393 e. The van der Waals surface area contributed by atoms with E-state index >= 15 is 0 Å². The van der Waals surface area contributed by atoms with Crippen molar-refractivity contribution in [2.45, 2.75) is 13.3 Å². The summed E-state index contributed by atoms with van der Waals surface area (Å²) >= 11 is 0. The molecule has 0 spiro atoms. The number of nitrogens with zero attached hydrogens (tertiary/aromatic N) is 2. The Labute approximate surface area is 134 Å². The lowest BCUT2D eigenvalue weighted by Gasteiger charge is -2.21. The molecule has 0 saturated heterocycles. The van der Waals surface area contributed by atoms with Gasteiger partial charge >= 0.3 is 0 Å². The molecule has 2 aromatic rings. The Kier molecular flexibility index (Phi) is 5.30. The molecule has 1 amide bonds. The number of nitro benzene ring substituents is 1. The van der Waals surface area contributed by atoms with E-state index in [-0.39, 0.29) is 22.8 Å². The summed E-state index contributed by atoms with van der Waals surface area (Å²) in [5.41, 5.74) is 6.80. The molecule has 2 aromatic carbocycles. The summed E-state index contributed by atoms with van der Waals surface area (Å²) in [5, 5.41) is 10.9. The fourth-order valence-electron chi connectivity index (χ4n) is 2.33. The monoisotopic (exact) mass is 313 g/mol. The number of likely N-dealkylation sites (N-methyl/N-ethyl adjacent to an activating group) is 1. The first-order valence-corrected chi connectivity index (χ1v) is 7.40. The molecule has 0 bridgehead atoms. The van der Waals surface area contributed by atoms with Gasteiger partial charge in [0.15, 0.2) is 0 Å². The van der Waals surface area contributed by atoms with Crippen molar-refractivity contribution < 1.29 is 9.72 Å². The third-order valence-electron chi connectivity index (χ3n) is 3.66. The summed E-state index contributed by atoms with van der Waals surface area (Å²) in [6.45, 7) is 2.97. The van der Waals surface area contributed by atoms with Crippen molar-refractivity contribution in [1.29, 1.82) is 0 Å². The predicted octanol–water partition coefficient (Wildman–Crippen LogP) is 2.88. The Balaban J connectivity index is 2.13. The molecule has 23 heavy (non-hydrogen) atoms. The number of hydrogen-bond donors (Lipinski definition) is 1. The van der Waals surface area contributed by atoms with Crippen LogP contribution in [0.25, 0.3) is 0 Å². The molecular formula is C17H19N3O3. The highest BCUT2D eigenvalue weighted by Gasteiger charge is 2.19. The minimum atomic E-state index is -0.577. The van der Waals surface area contributed by atoms with E-state index in [9.17, 15) is 14.9 Å². The van der Waals surface area contributed by atoms with Crippen molar-refractivity contribution in [3.63, 3.8) is 0 Å². The summed E-state index contributed by atoms with van der Waals surface area (Å²) in [6, 6.07) is 14.0. The second-order valence-corrected chi connectivity index (χ2v) is 5.15. The van der Waals surface area contributed by atoms with Crippen molar-refractivity contribution in [3.05, 3.63) is 69.8 Å². The van der Waals surface area contributed by atoms with Crippen LogP contribution in [0.1, 0.15) is 22.8 Å². The lowest BCUT2D eigenvalue weighted by molar-refractivity contribution is -0.383. The Morgan fingerprint density at radius 2 is 1.91 bits per heavy atom. The smallest absolute Gasteiger partial charge is 0.292 e. The summed E-state index contributed by atoms with van der Waals surface area (Å²) in [7, 11) is 0. The van der Waals surface area contributed by atoms with E-state index in [1.807, 2.05) is 37.3 Å². The Morgan fingerprint density at radius 3 is 2.52 bits per heavy atom. The van der Waals surface area contributed by atoms with Crippen LogP contribution in [-0.4, -0.2) is 28.8 Å². The van der Waals surface area contributed by atoms with Gasteiger partial charge in [-0.05, 0) is 31.0 Å². The van der Waals surface area contributed by atoms with E-state index in [1.54, 1.807) is 4.90 Å². The maximum absolute atomic E-state index is 12.5. The SMILES string of the molecule is CCN(CCc1ccccc1)C(=O)c1ccc(N)c([N+](=O)[O-])c1. The summed E-state index contributed by atoms with van der Waals surface area (Å²) < 4.78 is 0. The Morgan fingerprint density at radius 1 is 1.22 bits per heavy atom. The zero-order chi connectivity index (χ0) is 16.8. The lowest BCUT2D eigenvalue weighted by Crippen LogP contribution is -2.32. The van der Waals surface area contributed by atoms with E-state index in [4.69, 9.17) is 5.73 Å². The first-order valence-electron chi connectivity index (χ1n) is 7.40. The highest BCUT2D eigenvalue weighted by atomic mass is 16.6. The molecule has 6 heteroatoms. The molecule has 0 heterocycles. The van der Waals surface area contributed by atoms with Gasteiger partial charge in [0.2, 0.25) is 0 Å². The molecule has 0 aliphatic rings. The Bertz CT molecular complexity index is 701. The molecule has 6 nitrogen and oxygen atoms in total. The van der Waals surface area contributed by atoms with Crippen LogP contribution in [-0.2, 0) is 6.42 Å². The van der Waals surface area contributed by atoms with E-state index < -0.39 is 4.92 Å². The zero-order valence-corrected chi connectivity index (χ0v) is 12.9. The highest BCUT2D eigenvalue weighted by Crippen LogP contribution is 2.23. The topological polar surface area (TPSA) is 89.5 Å². The average Bonchev–Trinajstić information content (AvgIpc) is 2.56. The average molecular weight is 313 g/mol. The summed E-state index contributed by atoms with van der Waals surface area (Å²) in [5.74, 6) is -0.230. The van der Waals surface area contributed by atoms with Crippen LogP contribution >= 0.6 is 0 Å². The van der Waals surface area contributed by atoms with Crippen LogP contribution in [0.4, 0.5) is 11.4 Å². The van der Waals surface area contributed by atoms with Crippen molar-refractivity contribution in [2.75, 3.05) is 18.8 Å². The fourth-order valence-corrected chi connectivity index (χ4v) is 2.33. The molecule has 0 fully saturated rings. The number of amides is 1. The largest absolute Gasteiger partial charge is 0.393 e. The van der Waals surface area contributed by atoms with Gasteiger partial charge in [-0.15, -0.1) is 0 Å². The molecule has 0 atom stereocenters. The molecular weight excluding hydrogens is 294 g/mol. The molecule has 2 rings (SSSR count). The second-order valence-electron chi connectivity index (χ2n) is 5.15. The number of carbonyl (C=O) groups excluding carboxylic acids is 1. The number of nitro groups is 1. The minimum absolute atomic E-state index is 0.0545. The number of rotatable bonds is 6. The van der Waals surface area contributed by atoms with E-state index in [0.717, 1.165) is 12.0 Å². The van der Waals surface area contributed by atoms with Gasteiger partial charge in [0.1, 0.15) is 5.69 Å². The van der Waals surface area contributed by atoms with Crippen LogP contribution in [0, 0.1) is 10.1 Å². The number of hydrogen-bond acceptors (Lipinski definition) is 4.